The Kier molecular flexibility index (Phi) is 4.05. The molecule has 0 spiro atoms. The number of nitrogens with zero attached hydrogens (tertiary/aromatic N) is 5. The number of anilines is 2. The van der Waals surface area contributed by atoms with E-state index in [1.165, 1.54) is 6.33 Å². The summed E-state index contributed by atoms with van der Waals surface area (Å²) in [4.78, 5) is 18.8. The van der Waals surface area contributed by atoms with Gasteiger partial charge in [-0.25, -0.2) is 0 Å². The average Bonchev–Trinajstić information content (AvgIpc) is 2.97. The van der Waals surface area contributed by atoms with Gasteiger partial charge in [0.2, 0.25) is 12.1 Å². The van der Waals surface area contributed by atoms with E-state index in [2.05, 4.69) is 9.88 Å². The Morgan fingerprint density at radius 3 is 2.30 bits per heavy atom. The molecule has 122 valence electrons. The first-order valence-electron chi connectivity index (χ1n) is 7.40. The summed E-state index contributed by atoms with van der Waals surface area (Å²) in [5, 5.41) is 11.1. The molecule has 0 N–H and O–H groups in total. The van der Waals surface area contributed by atoms with Gasteiger partial charge in [0.15, 0.2) is 0 Å². The minimum Gasteiger partial charge on any atom is -0.497 e. The number of rotatable bonds is 4. The van der Waals surface area contributed by atoms with Gasteiger partial charge >= 0.3 is 5.82 Å². The highest BCUT2D eigenvalue weighted by atomic mass is 16.6. The van der Waals surface area contributed by atoms with Crippen molar-refractivity contribution in [2.75, 3.05) is 43.1 Å². The zero-order chi connectivity index (χ0) is 16.4. The molecule has 0 unspecified atom stereocenters. The number of methoxy groups -OCH3 is 1. The van der Waals surface area contributed by atoms with E-state index in [4.69, 9.17) is 4.74 Å². The lowest BCUT2D eigenvalue weighted by Gasteiger charge is -2.36. The second-order valence-corrected chi connectivity index (χ2v) is 5.43. The topological polar surface area (TPSA) is 76.7 Å². The van der Waals surface area contributed by atoms with E-state index >= 15 is 0 Å². The minimum atomic E-state index is -0.425. The summed E-state index contributed by atoms with van der Waals surface area (Å²) in [6, 6.07) is 7.93. The Labute approximate surface area is 134 Å². The smallest absolute Gasteiger partial charge is 0.406 e. The molecule has 1 aliphatic rings. The molecule has 23 heavy (non-hydrogen) atoms. The number of aryl methyl sites for hydroxylation is 1. The van der Waals surface area contributed by atoms with Gasteiger partial charge in [-0.1, -0.05) is 0 Å². The summed E-state index contributed by atoms with van der Waals surface area (Å²) in [7, 11) is 3.43. The van der Waals surface area contributed by atoms with Gasteiger partial charge in [-0.3, -0.25) is 4.57 Å². The number of ether oxygens (including phenoxy) is 1. The molecule has 2 aromatic rings. The molecule has 0 saturated carbocycles. The molecular formula is C15H19N5O3. The second kappa shape index (κ2) is 6.15. The Morgan fingerprint density at radius 1 is 1.13 bits per heavy atom. The Hall–Kier alpha value is -2.77. The predicted octanol–water partition coefficient (Wildman–Crippen LogP) is 1.66. The fourth-order valence-electron chi connectivity index (χ4n) is 2.87. The fraction of sp³-hybridized carbons (Fsp3) is 0.400. The fourth-order valence-corrected chi connectivity index (χ4v) is 2.87. The van der Waals surface area contributed by atoms with E-state index < -0.39 is 4.92 Å². The summed E-state index contributed by atoms with van der Waals surface area (Å²) in [6.45, 7) is 3.03. The van der Waals surface area contributed by atoms with Gasteiger partial charge in [-0.2, -0.15) is 0 Å². The van der Waals surface area contributed by atoms with Gasteiger partial charge < -0.3 is 24.7 Å². The minimum absolute atomic E-state index is 0.0783. The lowest BCUT2D eigenvalue weighted by molar-refractivity contribution is -0.388. The van der Waals surface area contributed by atoms with Crippen molar-refractivity contribution in [2.45, 2.75) is 0 Å². The average molecular weight is 317 g/mol. The maximum Gasteiger partial charge on any atom is 0.406 e. The number of hydrogen-bond acceptors (Lipinski definition) is 6. The van der Waals surface area contributed by atoms with Crippen molar-refractivity contribution in [1.82, 2.24) is 9.55 Å². The molecule has 0 atom stereocenters. The normalized spacial score (nSPS) is 14.9. The van der Waals surface area contributed by atoms with E-state index in [1.807, 2.05) is 29.2 Å². The quantitative estimate of drug-likeness (QED) is 0.630. The lowest BCUT2D eigenvalue weighted by atomic mass is 10.2. The van der Waals surface area contributed by atoms with Crippen LogP contribution in [0.2, 0.25) is 0 Å². The first-order valence-corrected chi connectivity index (χ1v) is 7.40. The summed E-state index contributed by atoms with van der Waals surface area (Å²) >= 11 is 0. The summed E-state index contributed by atoms with van der Waals surface area (Å²) < 4.78 is 6.88. The zero-order valence-electron chi connectivity index (χ0n) is 13.2. The Bertz CT molecular complexity index is 690. The van der Waals surface area contributed by atoms with Gasteiger partial charge in [-0.15, -0.1) is 0 Å². The maximum atomic E-state index is 11.1. The number of imidazole rings is 1. The standard InChI is InChI=1S/C15H19N5O3/c1-17-11-16-14(20(21)22)15(17)19-9-7-18(8-10-19)12-3-5-13(23-2)6-4-12/h3-6,11H,7-10H2,1-2H3. The molecule has 1 fully saturated rings. The van der Waals surface area contributed by atoms with Crippen molar-refractivity contribution in [1.29, 1.82) is 0 Å². The highest BCUT2D eigenvalue weighted by Gasteiger charge is 2.28. The van der Waals surface area contributed by atoms with Gasteiger partial charge in [0.05, 0.1) is 7.11 Å². The number of aromatic nitrogens is 2. The molecule has 2 heterocycles. The molecule has 1 aliphatic heterocycles. The summed E-state index contributed by atoms with van der Waals surface area (Å²) in [5.74, 6) is 1.33. The molecule has 0 radical (unpaired) electrons. The zero-order valence-corrected chi connectivity index (χ0v) is 13.2. The van der Waals surface area contributed by atoms with Crippen LogP contribution in [0.4, 0.5) is 17.3 Å². The van der Waals surface area contributed by atoms with Crippen LogP contribution in [0.5, 0.6) is 5.75 Å². The molecule has 1 aromatic heterocycles. The molecular weight excluding hydrogens is 298 g/mol. The Balaban J connectivity index is 1.71. The van der Waals surface area contributed by atoms with Crippen molar-refractivity contribution in [3.05, 3.63) is 40.7 Å². The highest BCUT2D eigenvalue weighted by Crippen LogP contribution is 2.28. The van der Waals surface area contributed by atoms with Crippen LogP contribution in [0.1, 0.15) is 0 Å². The molecule has 0 bridgehead atoms. The van der Waals surface area contributed by atoms with Crippen LogP contribution in [-0.4, -0.2) is 47.8 Å². The number of piperazine rings is 1. The highest BCUT2D eigenvalue weighted by molar-refractivity contribution is 5.57. The summed E-state index contributed by atoms with van der Waals surface area (Å²) in [5.41, 5.74) is 1.13. The second-order valence-electron chi connectivity index (χ2n) is 5.43. The molecule has 0 aliphatic carbocycles. The van der Waals surface area contributed by atoms with Crippen molar-refractivity contribution in [3.63, 3.8) is 0 Å². The number of nitro groups is 1. The van der Waals surface area contributed by atoms with E-state index in [0.29, 0.717) is 18.9 Å². The van der Waals surface area contributed by atoms with Crippen LogP contribution in [0.3, 0.4) is 0 Å². The number of benzene rings is 1. The summed E-state index contributed by atoms with van der Waals surface area (Å²) in [6.07, 6.45) is 1.49. The maximum absolute atomic E-state index is 11.1. The van der Waals surface area contributed by atoms with Gasteiger partial charge in [0.25, 0.3) is 0 Å². The molecule has 8 heteroatoms. The van der Waals surface area contributed by atoms with Gasteiger partial charge in [-0.05, 0) is 34.2 Å². The van der Waals surface area contributed by atoms with Crippen molar-refractivity contribution in [2.24, 2.45) is 7.05 Å². The molecule has 3 rings (SSSR count). The SMILES string of the molecule is COc1ccc(N2CCN(c3c([N+](=O)[O-])ncn3C)CC2)cc1. The third kappa shape index (κ3) is 2.92. The van der Waals surface area contributed by atoms with Crippen molar-refractivity contribution in [3.8, 4) is 5.75 Å². The lowest BCUT2D eigenvalue weighted by Crippen LogP contribution is -2.47. The molecule has 1 saturated heterocycles. The Morgan fingerprint density at radius 2 is 1.74 bits per heavy atom. The monoisotopic (exact) mass is 317 g/mol. The molecule has 1 aromatic carbocycles. The van der Waals surface area contributed by atoms with Gasteiger partial charge in [0.1, 0.15) is 5.75 Å². The van der Waals surface area contributed by atoms with Crippen molar-refractivity contribution >= 4 is 17.3 Å². The third-order valence-electron chi connectivity index (χ3n) is 4.08. The largest absolute Gasteiger partial charge is 0.497 e. The molecule has 0 amide bonds. The van der Waals surface area contributed by atoms with Crippen LogP contribution >= 0.6 is 0 Å². The van der Waals surface area contributed by atoms with Crippen LogP contribution in [0, 0.1) is 10.1 Å². The van der Waals surface area contributed by atoms with E-state index in [-0.39, 0.29) is 5.82 Å². The van der Waals surface area contributed by atoms with Gasteiger partial charge in [0, 0.05) is 38.9 Å². The first-order chi connectivity index (χ1) is 11.1. The van der Waals surface area contributed by atoms with Crippen LogP contribution in [0.25, 0.3) is 0 Å². The predicted molar refractivity (Wildman–Crippen MR) is 87.3 cm³/mol. The van der Waals surface area contributed by atoms with Crippen LogP contribution in [-0.2, 0) is 7.05 Å². The molecule has 8 nitrogen and oxygen atoms in total. The van der Waals surface area contributed by atoms with E-state index in [0.717, 1.165) is 24.5 Å². The van der Waals surface area contributed by atoms with Crippen molar-refractivity contribution < 1.29 is 9.66 Å². The third-order valence-corrected chi connectivity index (χ3v) is 4.08. The first kappa shape index (κ1) is 15.1. The van der Waals surface area contributed by atoms with Crippen LogP contribution < -0.4 is 14.5 Å². The van der Waals surface area contributed by atoms with E-state index in [9.17, 15) is 10.1 Å². The van der Waals surface area contributed by atoms with Crippen LogP contribution in [0.15, 0.2) is 30.6 Å². The van der Waals surface area contributed by atoms with E-state index in [1.54, 1.807) is 18.7 Å². The number of hydrogen-bond donors (Lipinski definition) is 0.